The van der Waals surface area contributed by atoms with Gasteiger partial charge >= 0.3 is 72.1 Å². The predicted molar refractivity (Wildman–Crippen MR) is 38.7 cm³/mol. The van der Waals surface area contributed by atoms with E-state index in [-0.39, 0.29) is 6.15 Å². The molecule has 0 amide bonds. The summed E-state index contributed by atoms with van der Waals surface area (Å²) in [5.74, 6) is 0. The van der Waals surface area contributed by atoms with E-state index in [0.29, 0.717) is 0 Å². The summed E-state index contributed by atoms with van der Waals surface area (Å²) in [4.78, 5) is 6.19. The van der Waals surface area contributed by atoms with Crippen molar-refractivity contribution in [2.45, 2.75) is 0 Å². The summed E-state index contributed by atoms with van der Waals surface area (Å²) >= 11 is 0. The van der Waals surface area contributed by atoms with Crippen LogP contribution >= 0.6 is 0 Å². The molecule has 0 saturated carbocycles. The zero-order chi connectivity index (χ0) is 10.7. The third-order valence-corrected chi connectivity index (χ3v) is 4.89. The third-order valence-electron chi connectivity index (χ3n) is 1.19. The topological polar surface area (TPSA) is 178 Å². The van der Waals surface area contributed by atoms with Crippen LogP contribution in [0.3, 0.4) is 0 Å². The second-order valence-corrected chi connectivity index (χ2v) is 7.42. The Labute approximate surface area is 78.7 Å². The monoisotopic (exact) mass is 229 g/mol. The maximum absolute atomic E-state index is 8.58. The molecule has 7 nitrogen and oxygen atoms in total. The van der Waals surface area contributed by atoms with Crippen molar-refractivity contribution in [2.24, 2.45) is 0 Å². The van der Waals surface area contributed by atoms with Gasteiger partial charge in [-0.1, -0.05) is 0 Å². The second kappa shape index (κ2) is 2.72. The summed E-state index contributed by atoms with van der Waals surface area (Å²) in [5.41, 5.74) is 0. The molecule has 0 aliphatic carbocycles. The number of nitrogens with zero attached hydrogens (tertiary/aromatic N) is 6. The van der Waals surface area contributed by atoms with E-state index < -0.39 is 10.7 Å². The Balaban J connectivity index is 0. The molecule has 0 aromatic heterocycles. The van der Waals surface area contributed by atoms with Crippen molar-refractivity contribution in [2.75, 3.05) is 0 Å². The number of hydrogen-bond acceptors (Lipinski definition) is 7. The normalized spacial score (nSPS) is 12.4. The average molecular weight is 229 g/mol. The fraction of sp³-hybridized carbons (Fsp3) is 0. The first-order valence-electron chi connectivity index (χ1n) is 2.40. The quantitative estimate of drug-likeness (QED) is 0.578. The van der Waals surface area contributed by atoms with E-state index in [2.05, 4.69) is 0 Å². The molecule has 0 aliphatic heterocycles. The summed E-state index contributed by atoms with van der Waals surface area (Å²) in [6, 6.07) is 0. The van der Waals surface area contributed by atoms with Gasteiger partial charge in [0.1, 0.15) is 0 Å². The molecule has 14 heavy (non-hydrogen) atoms. The zero-order valence-electron chi connectivity index (χ0n) is 6.74. The van der Waals surface area contributed by atoms with Crippen molar-refractivity contribution in [3.63, 3.8) is 0 Å². The van der Waals surface area contributed by atoms with E-state index in [4.69, 9.17) is 31.6 Å². The van der Waals surface area contributed by atoms with Gasteiger partial charge in [0.2, 0.25) is 0 Å². The van der Waals surface area contributed by atoms with Gasteiger partial charge in [0.15, 0.2) is 0 Å². The molecule has 0 aliphatic rings. The minimum absolute atomic E-state index is 0. The van der Waals surface area contributed by atoms with Crippen molar-refractivity contribution in [3.05, 3.63) is 0 Å². The van der Waals surface area contributed by atoms with Gasteiger partial charge < -0.3 is 6.15 Å². The molecule has 3 N–H and O–H groups in total. The first-order chi connectivity index (χ1) is 5.97. The van der Waals surface area contributed by atoms with Gasteiger partial charge in [-0.2, -0.15) is 0 Å². The van der Waals surface area contributed by atoms with Crippen molar-refractivity contribution in [1.29, 1.82) is 31.6 Å². The van der Waals surface area contributed by atoms with Gasteiger partial charge in [0.25, 0.3) is 0 Å². The predicted octanol–water partition coefficient (Wildman–Crippen LogP) is 0.260. The van der Waals surface area contributed by atoms with Gasteiger partial charge in [0.05, 0.1) is 0 Å². The van der Waals surface area contributed by atoms with Crippen LogP contribution in [0.2, 0.25) is 0 Å². The molecule has 0 unspecified atom stereocenters. The number of nitriles is 6. The first kappa shape index (κ1) is 14.0. The molecule has 0 heterocycles. The van der Waals surface area contributed by atoms with Crippen LogP contribution in [0.1, 0.15) is 0 Å². The summed E-state index contributed by atoms with van der Waals surface area (Å²) < 4.78 is 0. The van der Waals surface area contributed by atoms with Crippen LogP contribution in [0.15, 0.2) is 0 Å². The molecule has 0 bridgehead atoms. The van der Waals surface area contributed by atoms with Crippen LogP contribution in [0.5, 0.6) is 0 Å². The summed E-state index contributed by atoms with van der Waals surface area (Å²) in [6.45, 7) is 0. The van der Waals surface area contributed by atoms with Crippen LogP contribution in [0.25, 0.3) is 0 Å². The van der Waals surface area contributed by atoms with Crippen molar-refractivity contribution in [1.82, 2.24) is 6.15 Å². The Morgan fingerprint density at radius 3 is 0.643 bits per heavy atom. The van der Waals surface area contributed by atoms with E-state index in [1.54, 1.807) is 0 Å². The molecule has 0 saturated heterocycles. The Kier molecular flexibility index (Phi) is 2.72. The van der Waals surface area contributed by atoms with E-state index in [1.165, 1.54) is 0 Å². The molecule has 0 fully saturated rings. The molecule has 0 radical (unpaired) electrons. The summed E-state index contributed by atoms with van der Waals surface area (Å²) in [7, 11) is -6.17. The number of rotatable bonds is 0. The zero-order valence-corrected chi connectivity index (χ0v) is 7.85. The molecule has 0 aromatic rings. The Morgan fingerprint density at radius 1 is 0.500 bits per heavy atom. The minimum atomic E-state index is -6.17. The second-order valence-electron chi connectivity index (χ2n) is 1.80. The molecule has 74 valence electrons. The molecule has 0 atom stereocenters. The van der Waals surface area contributed by atoms with Crippen molar-refractivity contribution < 1.29 is 10.7 Å². The fourth-order valence-corrected chi connectivity index (χ4v) is 1.09. The molecular weight excluding hydrogens is 226 g/mol. The fourth-order valence-electron chi connectivity index (χ4n) is 0.265. The molecule has 0 spiro atoms. The van der Waals surface area contributed by atoms with Crippen LogP contribution in [0.4, 0.5) is 0 Å². The first-order valence-corrected chi connectivity index (χ1v) is 5.71. The van der Waals surface area contributed by atoms with E-state index in [9.17, 15) is 0 Å². The summed E-state index contributed by atoms with van der Waals surface area (Å²) in [5, 5.41) is 51.5. The van der Waals surface area contributed by atoms with Crippen LogP contribution in [-0.4, -0.2) is 0 Å². The van der Waals surface area contributed by atoms with Gasteiger partial charge in [-0.05, 0) is 0 Å². The van der Waals surface area contributed by atoms with Crippen LogP contribution in [0, 0.1) is 61.4 Å². The van der Waals surface area contributed by atoms with Crippen LogP contribution in [-0.2, 0) is 10.7 Å². The van der Waals surface area contributed by atoms with E-state index in [0.717, 1.165) is 29.8 Å². The maximum atomic E-state index is 8.58. The van der Waals surface area contributed by atoms with E-state index in [1.807, 2.05) is 0 Å². The SMILES string of the molecule is N.N#[C][Fe-4]([C]#N)([C]#N)([C]#N)([C]#N)[C]#N. The number of hydrogen-bond donors (Lipinski definition) is 1. The van der Waals surface area contributed by atoms with Gasteiger partial charge in [-0.3, -0.25) is 0 Å². The third kappa shape index (κ3) is 0.888. The van der Waals surface area contributed by atoms with Gasteiger partial charge in [-0.25, -0.2) is 0 Å². The Morgan fingerprint density at radius 2 is 0.643 bits per heavy atom. The van der Waals surface area contributed by atoms with E-state index >= 15 is 0 Å². The van der Waals surface area contributed by atoms with Crippen molar-refractivity contribution >= 4 is 0 Å². The molecule has 0 rings (SSSR count). The molecule has 0 aromatic carbocycles. The van der Waals surface area contributed by atoms with Crippen LogP contribution < -0.4 is 6.15 Å². The molecule has 8 heteroatoms. The Bertz CT molecular complexity index is 388. The van der Waals surface area contributed by atoms with Crippen molar-refractivity contribution in [3.8, 4) is 29.8 Å². The Hall–Kier alpha value is -2.58. The summed E-state index contributed by atoms with van der Waals surface area (Å²) in [6.07, 6.45) is 0. The molecular formula is C6H3FeN7-4. The van der Waals surface area contributed by atoms with Gasteiger partial charge in [-0.15, -0.1) is 0 Å². The average Bonchev–Trinajstić information content (AvgIpc) is 2.26. The van der Waals surface area contributed by atoms with Gasteiger partial charge in [0, 0.05) is 0 Å². The standard InChI is InChI=1S/6CN.Fe.H3N/c6*1-2;;/h;;;;;;;1H3/q;;;;;;-4;.